The maximum atomic E-state index is 11.0. The lowest BCUT2D eigenvalue weighted by molar-refractivity contribution is -0.929. The van der Waals surface area contributed by atoms with E-state index in [4.69, 9.17) is 10.2 Å². The standard InChI is InChI=1S/C36H67NO6/c1-2-3-4-5-6-7-8-9-10-11-12-13-14-15-16-17-18-19-23-30-37(31-24-20-27-34(38)39,32-25-21-28-35(40)41)33-26-22-29-36(42)43/h9-10H,2-8,11-33H2,1H3,(H2-,38,39,40,41,42,43)/b10-9+. The lowest BCUT2D eigenvalue weighted by Gasteiger charge is -2.39. The number of carbonyl (C=O) groups is 3. The predicted molar refractivity (Wildman–Crippen MR) is 175 cm³/mol. The summed E-state index contributed by atoms with van der Waals surface area (Å²) in [6, 6.07) is 0. The zero-order valence-corrected chi connectivity index (χ0v) is 27.8. The van der Waals surface area contributed by atoms with Crippen LogP contribution >= 0.6 is 0 Å². The number of carboxylic acid groups (broad SMARTS) is 3. The Morgan fingerprint density at radius 1 is 0.488 bits per heavy atom. The Morgan fingerprint density at radius 3 is 1.19 bits per heavy atom. The Bertz CT molecular complexity index is 653. The topological polar surface area (TPSA) is 115 Å². The van der Waals surface area contributed by atoms with Crippen LogP contribution in [0.2, 0.25) is 0 Å². The number of unbranched alkanes of at least 4 members (excludes halogenated alkanes) is 18. The van der Waals surface area contributed by atoms with Crippen molar-refractivity contribution in [2.45, 2.75) is 174 Å². The third-order valence-corrected chi connectivity index (χ3v) is 8.70. The van der Waals surface area contributed by atoms with Gasteiger partial charge in [0, 0.05) is 18.8 Å². The van der Waals surface area contributed by atoms with Gasteiger partial charge in [0.05, 0.1) is 26.2 Å². The minimum Gasteiger partial charge on any atom is -0.550 e. The van der Waals surface area contributed by atoms with E-state index in [1.54, 1.807) is 0 Å². The van der Waals surface area contributed by atoms with Gasteiger partial charge in [-0.25, -0.2) is 0 Å². The Morgan fingerprint density at radius 2 is 0.814 bits per heavy atom. The van der Waals surface area contributed by atoms with Gasteiger partial charge in [0.1, 0.15) is 0 Å². The first-order valence-electron chi connectivity index (χ1n) is 17.9. The fourth-order valence-corrected chi connectivity index (χ4v) is 6.06. The number of carbonyl (C=O) groups excluding carboxylic acids is 1. The van der Waals surface area contributed by atoms with E-state index in [1.165, 1.54) is 103 Å². The summed E-state index contributed by atoms with van der Waals surface area (Å²) in [5.41, 5.74) is 0. The Hall–Kier alpha value is -1.89. The van der Waals surface area contributed by atoms with Gasteiger partial charge in [-0.05, 0) is 83.5 Å². The van der Waals surface area contributed by atoms with Crippen LogP contribution in [0, 0.1) is 0 Å². The van der Waals surface area contributed by atoms with Gasteiger partial charge >= 0.3 is 11.9 Å². The van der Waals surface area contributed by atoms with Gasteiger partial charge in [0.15, 0.2) is 0 Å². The monoisotopic (exact) mass is 609 g/mol. The summed E-state index contributed by atoms with van der Waals surface area (Å²) in [7, 11) is 0. The van der Waals surface area contributed by atoms with Crippen LogP contribution in [0.4, 0.5) is 0 Å². The normalized spacial score (nSPS) is 11.8. The second kappa shape index (κ2) is 30.1. The van der Waals surface area contributed by atoms with E-state index in [2.05, 4.69) is 19.1 Å². The quantitative estimate of drug-likeness (QED) is 0.0430. The third-order valence-electron chi connectivity index (χ3n) is 8.70. The average molecular weight is 610 g/mol. The molecule has 0 spiro atoms. The van der Waals surface area contributed by atoms with Gasteiger partial charge in [0.2, 0.25) is 0 Å². The number of rotatable bonds is 34. The van der Waals surface area contributed by atoms with Crippen LogP contribution in [0.15, 0.2) is 12.2 Å². The van der Waals surface area contributed by atoms with Crippen molar-refractivity contribution < 1.29 is 34.2 Å². The summed E-state index contributed by atoms with van der Waals surface area (Å²) in [5.74, 6) is -2.56. The lowest BCUT2D eigenvalue weighted by atomic mass is 10.0. The molecule has 0 aliphatic carbocycles. The highest BCUT2D eigenvalue weighted by atomic mass is 16.4. The van der Waals surface area contributed by atoms with Crippen molar-refractivity contribution in [2.24, 2.45) is 0 Å². The first-order chi connectivity index (χ1) is 20.8. The summed E-state index contributed by atoms with van der Waals surface area (Å²) >= 11 is 0. The number of aliphatic carboxylic acids is 3. The van der Waals surface area contributed by atoms with E-state index in [1.807, 2.05) is 0 Å². The van der Waals surface area contributed by atoms with E-state index in [-0.39, 0.29) is 19.3 Å². The van der Waals surface area contributed by atoms with Crippen molar-refractivity contribution in [3.8, 4) is 0 Å². The van der Waals surface area contributed by atoms with E-state index in [9.17, 15) is 19.5 Å². The fourth-order valence-electron chi connectivity index (χ4n) is 6.06. The van der Waals surface area contributed by atoms with Gasteiger partial charge in [-0.2, -0.15) is 0 Å². The van der Waals surface area contributed by atoms with Gasteiger partial charge in [-0.3, -0.25) is 9.59 Å². The first kappa shape index (κ1) is 41.1. The minimum absolute atomic E-state index is 0.0635. The molecule has 0 aliphatic rings. The molecule has 0 rings (SSSR count). The zero-order valence-electron chi connectivity index (χ0n) is 27.8. The van der Waals surface area contributed by atoms with Gasteiger partial charge in [-0.15, -0.1) is 0 Å². The summed E-state index contributed by atoms with van der Waals surface area (Å²) in [6.07, 6.45) is 31.4. The summed E-state index contributed by atoms with van der Waals surface area (Å²) in [6.45, 7) is 5.88. The molecule has 0 aliphatic heterocycles. The molecular weight excluding hydrogens is 542 g/mol. The average Bonchev–Trinajstić information content (AvgIpc) is 2.96. The molecule has 0 unspecified atom stereocenters. The SMILES string of the molecule is CCCCCCCC/C=C/CCCCCCCCCCC[N+](CCCCC(=O)[O-])(CCCCC(=O)O)CCCCC(=O)O. The summed E-state index contributed by atoms with van der Waals surface area (Å²) in [4.78, 5) is 32.9. The Balaban J connectivity index is 4.30. The molecule has 0 amide bonds. The molecule has 0 aromatic carbocycles. The molecule has 0 radical (unpaired) electrons. The van der Waals surface area contributed by atoms with E-state index in [0.29, 0.717) is 19.3 Å². The van der Waals surface area contributed by atoms with Gasteiger partial charge < -0.3 is 24.6 Å². The molecular formula is C36H67NO6. The second-order valence-electron chi connectivity index (χ2n) is 12.8. The number of quaternary nitrogens is 1. The molecule has 0 aromatic rings. The molecule has 252 valence electrons. The van der Waals surface area contributed by atoms with Crippen molar-refractivity contribution >= 4 is 17.9 Å². The number of nitrogens with zero attached hydrogens (tertiary/aromatic N) is 1. The molecule has 0 heterocycles. The molecule has 0 saturated heterocycles. The van der Waals surface area contributed by atoms with E-state index >= 15 is 0 Å². The minimum atomic E-state index is -1.02. The van der Waals surface area contributed by atoms with Crippen LogP contribution in [0.5, 0.6) is 0 Å². The van der Waals surface area contributed by atoms with Crippen LogP contribution in [-0.4, -0.2) is 58.8 Å². The molecule has 0 atom stereocenters. The predicted octanol–water partition coefficient (Wildman–Crippen LogP) is 8.44. The van der Waals surface area contributed by atoms with Crippen LogP contribution in [0.1, 0.15) is 174 Å². The maximum Gasteiger partial charge on any atom is 0.303 e. The maximum absolute atomic E-state index is 11.0. The van der Waals surface area contributed by atoms with E-state index < -0.39 is 17.9 Å². The Kier molecular flexibility index (Phi) is 28.8. The molecule has 0 fully saturated rings. The Labute approximate surface area is 264 Å². The number of hydrogen-bond acceptors (Lipinski definition) is 4. The van der Waals surface area contributed by atoms with Gasteiger partial charge in [-0.1, -0.05) is 89.7 Å². The first-order valence-corrected chi connectivity index (χ1v) is 17.9. The molecule has 0 saturated carbocycles. The van der Waals surface area contributed by atoms with Crippen molar-refractivity contribution in [3.63, 3.8) is 0 Å². The lowest BCUT2D eigenvalue weighted by Crippen LogP contribution is -2.51. The number of allylic oxidation sites excluding steroid dienone is 2. The highest BCUT2D eigenvalue weighted by molar-refractivity contribution is 5.66. The van der Waals surface area contributed by atoms with Crippen molar-refractivity contribution in [2.75, 3.05) is 26.2 Å². The van der Waals surface area contributed by atoms with Crippen LogP contribution in [0.3, 0.4) is 0 Å². The van der Waals surface area contributed by atoms with Crippen LogP contribution in [-0.2, 0) is 14.4 Å². The summed E-state index contributed by atoms with van der Waals surface area (Å²) < 4.78 is 0.847. The number of hydrogen-bond donors (Lipinski definition) is 2. The highest BCUT2D eigenvalue weighted by Gasteiger charge is 2.26. The van der Waals surface area contributed by atoms with Crippen molar-refractivity contribution in [1.82, 2.24) is 0 Å². The van der Waals surface area contributed by atoms with Gasteiger partial charge in [0.25, 0.3) is 0 Å². The second-order valence-corrected chi connectivity index (χ2v) is 12.8. The summed E-state index contributed by atoms with van der Waals surface area (Å²) in [5, 5.41) is 29.0. The highest BCUT2D eigenvalue weighted by Crippen LogP contribution is 2.20. The molecule has 2 N–H and O–H groups in total. The van der Waals surface area contributed by atoms with Crippen LogP contribution in [0.25, 0.3) is 0 Å². The molecule has 0 aromatic heterocycles. The smallest absolute Gasteiger partial charge is 0.303 e. The molecule has 7 heteroatoms. The molecule has 0 bridgehead atoms. The molecule has 43 heavy (non-hydrogen) atoms. The molecule has 7 nitrogen and oxygen atoms in total. The number of carboxylic acids is 3. The van der Waals surface area contributed by atoms with Crippen molar-refractivity contribution in [3.05, 3.63) is 12.2 Å². The largest absolute Gasteiger partial charge is 0.550 e. The van der Waals surface area contributed by atoms with E-state index in [0.717, 1.165) is 56.3 Å². The van der Waals surface area contributed by atoms with Crippen molar-refractivity contribution in [1.29, 1.82) is 0 Å². The zero-order chi connectivity index (χ0) is 31.9. The third kappa shape index (κ3) is 29.9. The van der Waals surface area contributed by atoms with Crippen LogP contribution < -0.4 is 5.11 Å². The fraction of sp³-hybridized carbons (Fsp3) is 0.861.